The lowest BCUT2D eigenvalue weighted by Gasteiger charge is -2.06. The van der Waals surface area contributed by atoms with Crippen LogP contribution < -0.4 is 11.3 Å². The maximum atomic E-state index is 12.4. The number of nitrogens with two attached hydrogens (primary N) is 1. The number of rotatable bonds is 1. The molecular weight excluding hydrogens is 237 g/mol. The Hall–Kier alpha value is -2.09. The zero-order valence-electron chi connectivity index (χ0n) is 8.32. The normalized spacial score (nSPS) is 11.8. The molecule has 2 rings (SSSR count). The third-order valence-electron chi connectivity index (χ3n) is 2.20. The molecule has 1 amide bonds. The van der Waals surface area contributed by atoms with E-state index in [0.717, 1.165) is 24.5 Å². The summed E-state index contributed by atoms with van der Waals surface area (Å²) in [4.78, 5) is 15.0. The highest BCUT2D eigenvalue weighted by atomic mass is 19.4. The van der Waals surface area contributed by atoms with Gasteiger partial charge in [0, 0.05) is 6.20 Å². The first-order valence-corrected chi connectivity index (χ1v) is 4.48. The van der Waals surface area contributed by atoms with E-state index in [-0.39, 0.29) is 11.3 Å². The molecule has 3 N–H and O–H groups in total. The molecule has 0 radical (unpaired) electrons. The first-order chi connectivity index (χ1) is 7.93. The lowest BCUT2D eigenvalue weighted by Crippen LogP contribution is -2.30. The van der Waals surface area contributed by atoms with Crippen molar-refractivity contribution >= 4 is 11.6 Å². The molecule has 0 aromatic carbocycles. The van der Waals surface area contributed by atoms with Gasteiger partial charge in [0.15, 0.2) is 0 Å². The Labute approximate surface area is 93.0 Å². The van der Waals surface area contributed by atoms with Gasteiger partial charge in [0.05, 0.1) is 11.8 Å². The Morgan fingerprint density at radius 3 is 2.76 bits per heavy atom. The number of alkyl halides is 3. The third-order valence-corrected chi connectivity index (χ3v) is 2.20. The van der Waals surface area contributed by atoms with E-state index in [1.54, 1.807) is 0 Å². The number of nitrogen functional groups attached to an aromatic ring is 1. The second-order valence-electron chi connectivity index (χ2n) is 3.26. The highest BCUT2D eigenvalue weighted by molar-refractivity contribution is 5.92. The van der Waals surface area contributed by atoms with Crippen LogP contribution in [-0.4, -0.2) is 15.3 Å². The Bertz CT molecular complexity index is 575. The molecule has 2 aromatic rings. The molecule has 2 aromatic heterocycles. The summed E-state index contributed by atoms with van der Waals surface area (Å²) < 4.78 is 38.5. The molecule has 8 heteroatoms. The van der Waals surface area contributed by atoms with E-state index in [2.05, 4.69) is 4.98 Å². The second kappa shape index (κ2) is 3.74. The van der Waals surface area contributed by atoms with Gasteiger partial charge in [0.25, 0.3) is 5.91 Å². The molecule has 90 valence electrons. The molecule has 5 nitrogen and oxygen atoms in total. The van der Waals surface area contributed by atoms with Crippen molar-refractivity contribution in [1.82, 2.24) is 14.8 Å². The van der Waals surface area contributed by atoms with Crippen LogP contribution in [-0.2, 0) is 6.18 Å². The summed E-state index contributed by atoms with van der Waals surface area (Å²) in [7, 11) is 0. The fourth-order valence-corrected chi connectivity index (χ4v) is 1.40. The van der Waals surface area contributed by atoms with Gasteiger partial charge in [-0.3, -0.25) is 14.6 Å². The predicted octanol–water partition coefficient (Wildman–Crippen LogP) is 0.957. The van der Waals surface area contributed by atoms with Crippen molar-refractivity contribution in [3.8, 4) is 0 Å². The molecule has 2 heterocycles. The van der Waals surface area contributed by atoms with E-state index in [0.29, 0.717) is 0 Å². The summed E-state index contributed by atoms with van der Waals surface area (Å²) in [6.45, 7) is 0. The SMILES string of the molecule is NNC(=O)c1cnc2cc(C(F)(F)F)ccn12. The summed E-state index contributed by atoms with van der Waals surface area (Å²) in [5.41, 5.74) is 1.15. The molecule has 0 aliphatic heterocycles. The van der Waals surface area contributed by atoms with E-state index >= 15 is 0 Å². The van der Waals surface area contributed by atoms with Crippen molar-refractivity contribution in [2.24, 2.45) is 5.84 Å². The Morgan fingerprint density at radius 2 is 2.18 bits per heavy atom. The van der Waals surface area contributed by atoms with Crippen LogP contribution in [0.15, 0.2) is 24.5 Å². The minimum atomic E-state index is -4.44. The first-order valence-electron chi connectivity index (χ1n) is 4.48. The zero-order valence-corrected chi connectivity index (χ0v) is 8.32. The summed E-state index contributed by atoms with van der Waals surface area (Å²) >= 11 is 0. The number of halogens is 3. The van der Waals surface area contributed by atoms with E-state index in [1.807, 2.05) is 5.43 Å². The zero-order chi connectivity index (χ0) is 12.6. The van der Waals surface area contributed by atoms with Crippen molar-refractivity contribution < 1.29 is 18.0 Å². The van der Waals surface area contributed by atoms with Gasteiger partial charge in [0.1, 0.15) is 11.3 Å². The number of nitrogens with one attached hydrogen (secondary N) is 1. The van der Waals surface area contributed by atoms with E-state index in [9.17, 15) is 18.0 Å². The van der Waals surface area contributed by atoms with Gasteiger partial charge in [-0.05, 0) is 12.1 Å². The number of pyridine rings is 1. The van der Waals surface area contributed by atoms with Crippen LogP contribution in [0.1, 0.15) is 16.1 Å². The third kappa shape index (κ3) is 1.94. The van der Waals surface area contributed by atoms with Crippen LogP contribution in [0, 0.1) is 0 Å². The van der Waals surface area contributed by atoms with Crippen molar-refractivity contribution in [3.63, 3.8) is 0 Å². The Kier molecular flexibility index (Phi) is 2.50. The van der Waals surface area contributed by atoms with Gasteiger partial charge in [0.2, 0.25) is 0 Å². The highest BCUT2D eigenvalue weighted by Gasteiger charge is 2.31. The minimum Gasteiger partial charge on any atom is -0.295 e. The molecule has 0 saturated carbocycles. The monoisotopic (exact) mass is 244 g/mol. The number of imidazole rings is 1. The quantitative estimate of drug-likeness (QED) is 0.445. The summed E-state index contributed by atoms with van der Waals surface area (Å²) in [5.74, 6) is 4.31. The number of fused-ring (bicyclic) bond motifs is 1. The first kappa shape index (κ1) is 11.4. The fourth-order valence-electron chi connectivity index (χ4n) is 1.40. The van der Waals surface area contributed by atoms with Crippen LogP contribution in [0.25, 0.3) is 5.65 Å². The van der Waals surface area contributed by atoms with Gasteiger partial charge in [-0.25, -0.2) is 10.8 Å². The molecule has 0 fully saturated rings. The Balaban J connectivity index is 2.56. The van der Waals surface area contributed by atoms with E-state index in [1.165, 1.54) is 4.40 Å². The van der Waals surface area contributed by atoms with Crippen molar-refractivity contribution in [3.05, 3.63) is 35.8 Å². The number of hydrogen-bond acceptors (Lipinski definition) is 3. The lowest BCUT2D eigenvalue weighted by molar-refractivity contribution is -0.137. The topological polar surface area (TPSA) is 72.4 Å². The van der Waals surface area contributed by atoms with Crippen LogP contribution >= 0.6 is 0 Å². The highest BCUT2D eigenvalue weighted by Crippen LogP contribution is 2.29. The average molecular weight is 244 g/mol. The van der Waals surface area contributed by atoms with Crippen molar-refractivity contribution in [2.75, 3.05) is 0 Å². The smallest absolute Gasteiger partial charge is 0.295 e. The number of nitrogens with zero attached hydrogens (tertiary/aromatic N) is 2. The van der Waals surface area contributed by atoms with Gasteiger partial charge in [-0.2, -0.15) is 13.2 Å². The van der Waals surface area contributed by atoms with Gasteiger partial charge >= 0.3 is 6.18 Å². The van der Waals surface area contributed by atoms with E-state index < -0.39 is 17.6 Å². The number of amides is 1. The number of aromatic nitrogens is 2. The lowest BCUT2D eigenvalue weighted by atomic mass is 10.2. The van der Waals surface area contributed by atoms with Crippen LogP contribution in [0.3, 0.4) is 0 Å². The van der Waals surface area contributed by atoms with Crippen molar-refractivity contribution in [1.29, 1.82) is 0 Å². The molecule has 0 bridgehead atoms. The van der Waals surface area contributed by atoms with E-state index in [4.69, 9.17) is 5.84 Å². The molecule has 17 heavy (non-hydrogen) atoms. The Morgan fingerprint density at radius 1 is 1.47 bits per heavy atom. The van der Waals surface area contributed by atoms with Gasteiger partial charge < -0.3 is 0 Å². The molecule has 0 aliphatic carbocycles. The molecular formula is C9H7F3N4O. The van der Waals surface area contributed by atoms with Gasteiger partial charge in [-0.15, -0.1) is 0 Å². The summed E-state index contributed by atoms with van der Waals surface area (Å²) in [5, 5.41) is 0. The summed E-state index contributed by atoms with van der Waals surface area (Å²) in [6.07, 6.45) is -2.17. The average Bonchev–Trinajstić information content (AvgIpc) is 2.69. The maximum absolute atomic E-state index is 12.4. The standard InChI is InChI=1S/C9H7F3N4O/c10-9(11,12)5-1-2-16-6(8(17)15-13)4-14-7(16)3-5/h1-4H,13H2,(H,15,17). The molecule has 0 atom stereocenters. The molecule has 0 aliphatic rings. The van der Waals surface area contributed by atoms with Crippen LogP contribution in [0.4, 0.5) is 13.2 Å². The van der Waals surface area contributed by atoms with Crippen LogP contribution in [0.2, 0.25) is 0 Å². The number of hydrazine groups is 1. The number of carbonyl (C=O) groups is 1. The molecule has 0 saturated heterocycles. The summed E-state index contributed by atoms with van der Waals surface area (Å²) in [6, 6.07) is 1.72. The largest absolute Gasteiger partial charge is 0.416 e. The molecule has 0 spiro atoms. The van der Waals surface area contributed by atoms with Crippen LogP contribution in [0.5, 0.6) is 0 Å². The second-order valence-corrected chi connectivity index (χ2v) is 3.26. The number of hydrogen-bond donors (Lipinski definition) is 2. The number of carbonyl (C=O) groups excluding carboxylic acids is 1. The predicted molar refractivity (Wildman–Crippen MR) is 51.8 cm³/mol. The minimum absolute atomic E-state index is 0.0263. The molecule has 0 unspecified atom stereocenters. The van der Waals surface area contributed by atoms with Gasteiger partial charge in [-0.1, -0.05) is 0 Å². The maximum Gasteiger partial charge on any atom is 0.416 e. The fraction of sp³-hybridized carbons (Fsp3) is 0.111. The van der Waals surface area contributed by atoms with Crippen molar-refractivity contribution in [2.45, 2.75) is 6.18 Å².